The van der Waals surface area contributed by atoms with Crippen molar-refractivity contribution in [2.75, 3.05) is 0 Å². The van der Waals surface area contributed by atoms with Crippen LogP contribution >= 0.6 is 0 Å². The highest BCUT2D eigenvalue weighted by molar-refractivity contribution is 5.79. The molecule has 2 bridgehead atoms. The van der Waals surface area contributed by atoms with Gasteiger partial charge in [0.2, 0.25) is 0 Å². The molecule has 21 heavy (non-hydrogen) atoms. The summed E-state index contributed by atoms with van der Waals surface area (Å²) in [4.78, 5) is 25.7. The van der Waals surface area contributed by atoms with Gasteiger partial charge in [0.15, 0.2) is 0 Å². The van der Waals surface area contributed by atoms with Crippen LogP contribution in [-0.4, -0.2) is 40.1 Å². The lowest BCUT2D eigenvalue weighted by molar-refractivity contribution is -0.142. The van der Waals surface area contributed by atoms with Crippen LogP contribution in [0.25, 0.3) is 0 Å². The fourth-order valence-corrected chi connectivity index (χ4v) is 4.61. The molecular weight excluding hydrogens is 268 g/mol. The Morgan fingerprint density at radius 1 is 1.19 bits per heavy atom. The third kappa shape index (κ3) is 2.74. The van der Waals surface area contributed by atoms with Crippen LogP contribution in [0.3, 0.4) is 0 Å². The third-order valence-electron chi connectivity index (χ3n) is 5.78. The smallest absolute Gasteiger partial charge is 0.318 e. The Labute approximate surface area is 126 Å². The van der Waals surface area contributed by atoms with Gasteiger partial charge in [-0.1, -0.05) is 26.2 Å². The number of rotatable bonds is 3. The molecule has 118 valence electrons. The Hall–Kier alpha value is -1.26. The molecule has 5 atom stereocenters. The Balaban J connectivity index is 1.60. The fraction of sp³-hybridized carbons (Fsp3) is 0.875. The lowest BCUT2D eigenvalue weighted by Crippen LogP contribution is -2.49. The van der Waals surface area contributed by atoms with Gasteiger partial charge in [-0.05, 0) is 38.0 Å². The highest BCUT2D eigenvalue weighted by atomic mass is 16.4. The number of nitrogens with one attached hydrogen (secondary N) is 1. The number of hydrogen-bond acceptors (Lipinski definition) is 2. The molecule has 3 aliphatic rings. The first-order valence-electron chi connectivity index (χ1n) is 8.41. The van der Waals surface area contributed by atoms with Gasteiger partial charge in [-0.3, -0.25) is 4.79 Å². The molecule has 2 amide bonds. The van der Waals surface area contributed by atoms with E-state index in [-0.39, 0.29) is 30.1 Å². The van der Waals surface area contributed by atoms with E-state index < -0.39 is 5.97 Å². The molecule has 1 saturated carbocycles. The van der Waals surface area contributed by atoms with E-state index in [1.807, 2.05) is 4.90 Å². The summed E-state index contributed by atoms with van der Waals surface area (Å²) in [5.41, 5.74) is 0. The van der Waals surface area contributed by atoms with E-state index in [1.165, 1.54) is 19.3 Å². The minimum Gasteiger partial charge on any atom is -0.481 e. The van der Waals surface area contributed by atoms with Crippen molar-refractivity contribution in [3.8, 4) is 0 Å². The zero-order chi connectivity index (χ0) is 15.0. The van der Waals surface area contributed by atoms with Crippen molar-refractivity contribution < 1.29 is 14.7 Å². The minimum atomic E-state index is -0.747. The van der Waals surface area contributed by atoms with E-state index in [4.69, 9.17) is 0 Å². The maximum absolute atomic E-state index is 12.6. The number of urea groups is 1. The normalized spacial score (nSPS) is 38.5. The maximum Gasteiger partial charge on any atom is 0.318 e. The van der Waals surface area contributed by atoms with Gasteiger partial charge in [0.1, 0.15) is 0 Å². The van der Waals surface area contributed by atoms with E-state index in [0.717, 1.165) is 31.6 Å². The summed E-state index contributed by atoms with van der Waals surface area (Å²) in [5.74, 6) is -0.376. The van der Waals surface area contributed by atoms with Crippen LogP contribution in [0.4, 0.5) is 4.79 Å². The average Bonchev–Trinajstić information content (AvgIpc) is 3.05. The Morgan fingerprint density at radius 3 is 2.67 bits per heavy atom. The second kappa shape index (κ2) is 5.85. The number of amides is 2. The second-order valence-corrected chi connectivity index (χ2v) is 6.97. The predicted octanol–water partition coefficient (Wildman–Crippen LogP) is 2.60. The number of carboxylic acid groups (broad SMARTS) is 1. The minimum absolute atomic E-state index is 0.0204. The van der Waals surface area contributed by atoms with Gasteiger partial charge >= 0.3 is 12.0 Å². The lowest BCUT2D eigenvalue weighted by Gasteiger charge is -2.32. The van der Waals surface area contributed by atoms with Crippen LogP contribution in [0.5, 0.6) is 0 Å². The van der Waals surface area contributed by atoms with Gasteiger partial charge in [0.05, 0.1) is 5.92 Å². The lowest BCUT2D eigenvalue weighted by atomic mass is 9.84. The number of carbonyl (C=O) groups is 2. The number of carboxylic acids is 1. The van der Waals surface area contributed by atoms with Gasteiger partial charge in [-0.2, -0.15) is 0 Å². The number of fused-ring (bicyclic) bond motifs is 2. The van der Waals surface area contributed by atoms with Crippen molar-refractivity contribution in [1.29, 1.82) is 0 Å². The summed E-state index contributed by atoms with van der Waals surface area (Å²) in [6.45, 7) is 2.22. The molecule has 2 aliphatic heterocycles. The molecule has 5 unspecified atom stereocenters. The van der Waals surface area contributed by atoms with Crippen molar-refractivity contribution in [2.24, 2.45) is 11.8 Å². The number of hydrogen-bond donors (Lipinski definition) is 2. The van der Waals surface area contributed by atoms with Gasteiger partial charge in [0, 0.05) is 18.1 Å². The maximum atomic E-state index is 12.6. The topological polar surface area (TPSA) is 69.6 Å². The van der Waals surface area contributed by atoms with Gasteiger partial charge < -0.3 is 15.3 Å². The van der Waals surface area contributed by atoms with Crippen LogP contribution in [0.1, 0.15) is 58.3 Å². The standard InChI is InChI=1S/C16H26N2O3/c1-2-10-4-3-5-11(8-10)17-16(21)18-12-6-7-14(18)13(9-12)15(19)20/h10-14H,2-9H2,1H3,(H,17,21)(H,19,20). The highest BCUT2D eigenvalue weighted by Crippen LogP contribution is 2.42. The number of nitrogens with zero attached hydrogens (tertiary/aromatic N) is 1. The van der Waals surface area contributed by atoms with Crippen LogP contribution in [-0.2, 0) is 4.79 Å². The van der Waals surface area contributed by atoms with Crippen LogP contribution in [0.15, 0.2) is 0 Å². The van der Waals surface area contributed by atoms with Gasteiger partial charge in [0.25, 0.3) is 0 Å². The van der Waals surface area contributed by atoms with Crippen LogP contribution in [0, 0.1) is 11.8 Å². The average molecular weight is 294 g/mol. The molecule has 3 rings (SSSR count). The quantitative estimate of drug-likeness (QED) is 0.840. The van der Waals surface area contributed by atoms with E-state index >= 15 is 0 Å². The van der Waals surface area contributed by atoms with E-state index in [0.29, 0.717) is 6.42 Å². The summed E-state index contributed by atoms with van der Waals surface area (Å²) in [5, 5.41) is 12.4. The molecule has 0 spiro atoms. The van der Waals surface area contributed by atoms with Crippen LogP contribution < -0.4 is 5.32 Å². The molecule has 2 saturated heterocycles. The molecule has 5 nitrogen and oxygen atoms in total. The second-order valence-electron chi connectivity index (χ2n) is 6.97. The first kappa shape index (κ1) is 14.7. The first-order chi connectivity index (χ1) is 10.1. The summed E-state index contributed by atoms with van der Waals surface area (Å²) in [6.07, 6.45) is 8.23. The SMILES string of the molecule is CCC1CCCC(NC(=O)N2C3CCC2C(C(=O)O)C3)C1. The Bertz CT molecular complexity index is 426. The largest absolute Gasteiger partial charge is 0.481 e. The summed E-state index contributed by atoms with van der Waals surface area (Å²) < 4.78 is 0. The zero-order valence-corrected chi connectivity index (χ0v) is 12.8. The number of aliphatic carboxylic acids is 1. The number of carbonyl (C=O) groups excluding carboxylic acids is 1. The third-order valence-corrected chi connectivity index (χ3v) is 5.78. The monoisotopic (exact) mass is 294 g/mol. The first-order valence-corrected chi connectivity index (χ1v) is 8.41. The zero-order valence-electron chi connectivity index (χ0n) is 12.8. The molecule has 3 fully saturated rings. The van der Waals surface area contributed by atoms with Crippen molar-refractivity contribution >= 4 is 12.0 Å². The van der Waals surface area contributed by atoms with Crippen molar-refractivity contribution in [1.82, 2.24) is 10.2 Å². The molecule has 5 heteroatoms. The summed E-state index contributed by atoms with van der Waals surface area (Å²) in [7, 11) is 0. The molecule has 2 heterocycles. The molecule has 0 aromatic carbocycles. The Kier molecular flexibility index (Phi) is 4.09. The molecule has 0 radical (unpaired) electrons. The molecule has 2 N–H and O–H groups in total. The van der Waals surface area contributed by atoms with Gasteiger partial charge in [-0.15, -0.1) is 0 Å². The Morgan fingerprint density at radius 2 is 2.00 bits per heavy atom. The predicted molar refractivity (Wildman–Crippen MR) is 79.0 cm³/mol. The van der Waals surface area contributed by atoms with E-state index in [2.05, 4.69) is 12.2 Å². The van der Waals surface area contributed by atoms with Crippen molar-refractivity contribution in [3.63, 3.8) is 0 Å². The highest BCUT2D eigenvalue weighted by Gasteiger charge is 2.51. The summed E-state index contributed by atoms with van der Waals surface area (Å²) in [6, 6.07) is 0.312. The molecule has 0 aromatic heterocycles. The van der Waals surface area contributed by atoms with Crippen LogP contribution in [0.2, 0.25) is 0 Å². The van der Waals surface area contributed by atoms with Crippen molar-refractivity contribution in [3.05, 3.63) is 0 Å². The molecule has 1 aliphatic carbocycles. The van der Waals surface area contributed by atoms with Crippen molar-refractivity contribution in [2.45, 2.75) is 76.4 Å². The van der Waals surface area contributed by atoms with Gasteiger partial charge in [-0.25, -0.2) is 4.79 Å². The summed E-state index contributed by atoms with van der Waals surface area (Å²) >= 11 is 0. The fourth-order valence-electron chi connectivity index (χ4n) is 4.61. The molecular formula is C16H26N2O3. The van der Waals surface area contributed by atoms with E-state index in [1.54, 1.807) is 0 Å². The van der Waals surface area contributed by atoms with E-state index in [9.17, 15) is 14.7 Å². The molecule has 0 aromatic rings.